The Labute approximate surface area is 151 Å². The average molecular weight is 390 g/mol. The van der Waals surface area contributed by atoms with Crippen LogP contribution in [-0.4, -0.2) is 37.2 Å². The van der Waals surface area contributed by atoms with Crippen LogP contribution in [0.4, 0.5) is 5.69 Å². The summed E-state index contributed by atoms with van der Waals surface area (Å²) in [5, 5.41) is 7.17. The molecule has 1 aliphatic carbocycles. The molecule has 0 unspecified atom stereocenters. The highest BCUT2D eigenvalue weighted by atomic mass is 79.9. The fourth-order valence-corrected chi connectivity index (χ4v) is 3.45. The van der Waals surface area contributed by atoms with Crippen molar-refractivity contribution in [2.45, 2.75) is 6.42 Å². The van der Waals surface area contributed by atoms with Crippen LogP contribution < -0.4 is 10.6 Å². The summed E-state index contributed by atoms with van der Waals surface area (Å²) >= 11 is 8.91. The lowest BCUT2D eigenvalue weighted by Crippen LogP contribution is -2.34. The third-order valence-electron chi connectivity index (χ3n) is 3.95. The highest BCUT2D eigenvalue weighted by Crippen LogP contribution is 2.38. The van der Waals surface area contributed by atoms with Gasteiger partial charge in [0.05, 0.1) is 0 Å². The zero-order valence-electron chi connectivity index (χ0n) is 13.3. The van der Waals surface area contributed by atoms with Gasteiger partial charge < -0.3 is 15.5 Å². The number of halogens is 1. The molecule has 3 nitrogen and oxygen atoms in total. The highest BCUT2D eigenvalue weighted by molar-refractivity contribution is 9.10. The molecular formula is C18H20BrN3S. The quantitative estimate of drug-likeness (QED) is 0.662. The largest absolute Gasteiger partial charge is 0.361 e. The molecule has 5 heteroatoms. The van der Waals surface area contributed by atoms with Crippen molar-refractivity contribution in [3.05, 3.63) is 52.0 Å². The molecule has 120 valence electrons. The van der Waals surface area contributed by atoms with Crippen LogP contribution in [-0.2, 0) is 6.42 Å². The summed E-state index contributed by atoms with van der Waals surface area (Å²) in [5.74, 6) is 0. The van der Waals surface area contributed by atoms with Gasteiger partial charge in [-0.2, -0.15) is 0 Å². The maximum atomic E-state index is 5.36. The van der Waals surface area contributed by atoms with E-state index in [4.69, 9.17) is 12.2 Å². The van der Waals surface area contributed by atoms with Gasteiger partial charge in [-0.15, -0.1) is 0 Å². The lowest BCUT2D eigenvalue weighted by Gasteiger charge is -2.14. The van der Waals surface area contributed by atoms with Crippen molar-refractivity contribution in [3.63, 3.8) is 0 Å². The van der Waals surface area contributed by atoms with Gasteiger partial charge in [0.25, 0.3) is 0 Å². The van der Waals surface area contributed by atoms with E-state index in [0.29, 0.717) is 5.11 Å². The van der Waals surface area contributed by atoms with E-state index in [0.717, 1.165) is 29.7 Å². The van der Waals surface area contributed by atoms with E-state index in [9.17, 15) is 0 Å². The Bertz CT molecular complexity index is 743. The molecule has 0 heterocycles. The van der Waals surface area contributed by atoms with Crippen molar-refractivity contribution in [1.29, 1.82) is 0 Å². The van der Waals surface area contributed by atoms with Gasteiger partial charge >= 0.3 is 0 Å². The van der Waals surface area contributed by atoms with E-state index in [-0.39, 0.29) is 0 Å². The van der Waals surface area contributed by atoms with Gasteiger partial charge in [-0.25, -0.2) is 0 Å². The van der Waals surface area contributed by atoms with Gasteiger partial charge in [0.2, 0.25) is 0 Å². The van der Waals surface area contributed by atoms with Gasteiger partial charge in [0.1, 0.15) is 0 Å². The van der Waals surface area contributed by atoms with Gasteiger partial charge in [-0.3, -0.25) is 0 Å². The standard InChI is InChI=1S/C18H20BrN3S/c1-22(2)8-7-20-18(23)21-15-4-6-17-13(11-15)9-12-10-14(19)3-5-16(12)17/h3-6,10-11H,7-9H2,1-2H3,(H2,20,21,23). The molecule has 0 fully saturated rings. The van der Waals surface area contributed by atoms with E-state index >= 15 is 0 Å². The number of hydrogen-bond acceptors (Lipinski definition) is 2. The number of fused-ring (bicyclic) bond motifs is 3. The molecular weight excluding hydrogens is 370 g/mol. The summed E-state index contributed by atoms with van der Waals surface area (Å²) in [4.78, 5) is 2.13. The minimum absolute atomic E-state index is 0.671. The van der Waals surface area contributed by atoms with Gasteiger partial charge in [-0.1, -0.05) is 28.1 Å². The molecule has 0 saturated carbocycles. The van der Waals surface area contributed by atoms with Crippen LogP contribution >= 0.6 is 28.1 Å². The highest BCUT2D eigenvalue weighted by Gasteiger charge is 2.18. The zero-order chi connectivity index (χ0) is 16.4. The molecule has 3 rings (SSSR count). The molecule has 2 N–H and O–H groups in total. The normalized spacial score (nSPS) is 12.0. The maximum Gasteiger partial charge on any atom is 0.170 e. The van der Waals surface area contributed by atoms with E-state index in [2.05, 4.69) is 82.0 Å². The lowest BCUT2D eigenvalue weighted by atomic mass is 10.1. The molecule has 0 amide bonds. The number of hydrogen-bond donors (Lipinski definition) is 2. The van der Waals surface area contributed by atoms with Crippen molar-refractivity contribution in [2.24, 2.45) is 0 Å². The van der Waals surface area contributed by atoms with Crippen LogP contribution in [0, 0.1) is 0 Å². The fourth-order valence-electron chi connectivity index (χ4n) is 2.83. The second kappa shape index (κ2) is 6.99. The Kier molecular flexibility index (Phi) is 4.99. The minimum atomic E-state index is 0.671. The molecule has 0 atom stereocenters. The first-order chi connectivity index (χ1) is 11.0. The van der Waals surface area contributed by atoms with Crippen LogP contribution in [0.25, 0.3) is 11.1 Å². The number of thiocarbonyl (C=S) groups is 1. The maximum absolute atomic E-state index is 5.36. The molecule has 0 bridgehead atoms. The monoisotopic (exact) mass is 389 g/mol. The van der Waals surface area contributed by atoms with Gasteiger partial charge in [0, 0.05) is 23.2 Å². The Morgan fingerprint density at radius 3 is 2.57 bits per heavy atom. The first-order valence-electron chi connectivity index (χ1n) is 7.64. The second-order valence-electron chi connectivity index (χ2n) is 6.03. The van der Waals surface area contributed by atoms with Crippen LogP contribution in [0.3, 0.4) is 0 Å². The van der Waals surface area contributed by atoms with Crippen LogP contribution in [0.2, 0.25) is 0 Å². The van der Waals surface area contributed by atoms with Crippen molar-refractivity contribution in [2.75, 3.05) is 32.5 Å². The van der Waals surface area contributed by atoms with Crippen LogP contribution in [0.1, 0.15) is 11.1 Å². The minimum Gasteiger partial charge on any atom is -0.361 e. The molecule has 0 aliphatic heterocycles. The summed E-state index contributed by atoms with van der Waals surface area (Å²) in [6, 6.07) is 13.0. The molecule has 23 heavy (non-hydrogen) atoms. The average Bonchev–Trinajstić information content (AvgIpc) is 2.83. The predicted octanol–water partition coefficient (Wildman–Crippen LogP) is 3.87. The smallest absolute Gasteiger partial charge is 0.170 e. The number of benzene rings is 2. The third kappa shape index (κ3) is 3.91. The number of nitrogens with zero attached hydrogens (tertiary/aromatic N) is 1. The van der Waals surface area contributed by atoms with Crippen LogP contribution in [0.5, 0.6) is 0 Å². The van der Waals surface area contributed by atoms with Gasteiger partial charge in [0.15, 0.2) is 5.11 Å². The Morgan fingerprint density at radius 2 is 1.83 bits per heavy atom. The Morgan fingerprint density at radius 1 is 1.13 bits per heavy atom. The number of anilines is 1. The topological polar surface area (TPSA) is 27.3 Å². The number of rotatable bonds is 4. The second-order valence-corrected chi connectivity index (χ2v) is 7.36. The van der Waals surface area contributed by atoms with E-state index in [1.165, 1.54) is 22.3 Å². The van der Waals surface area contributed by atoms with Crippen molar-refractivity contribution >= 4 is 38.9 Å². The first-order valence-corrected chi connectivity index (χ1v) is 8.84. The van der Waals surface area contributed by atoms with E-state index in [1.54, 1.807) is 0 Å². The molecule has 1 aliphatic rings. The van der Waals surface area contributed by atoms with Crippen molar-refractivity contribution in [1.82, 2.24) is 10.2 Å². The molecule has 2 aromatic carbocycles. The SMILES string of the molecule is CN(C)CCNC(=S)Nc1ccc2c(c1)Cc1cc(Br)ccc1-2. The van der Waals surface area contributed by atoms with Gasteiger partial charge in [-0.05, 0) is 79.3 Å². The predicted molar refractivity (Wildman–Crippen MR) is 105 cm³/mol. The number of nitrogens with one attached hydrogen (secondary N) is 2. The van der Waals surface area contributed by atoms with Crippen molar-refractivity contribution < 1.29 is 0 Å². The molecule has 2 aromatic rings. The van der Waals surface area contributed by atoms with E-state index < -0.39 is 0 Å². The Hall–Kier alpha value is -1.43. The molecule has 0 spiro atoms. The van der Waals surface area contributed by atoms with Crippen LogP contribution in [0.15, 0.2) is 40.9 Å². The number of likely N-dealkylation sites (N-methyl/N-ethyl adjacent to an activating group) is 1. The molecule has 0 saturated heterocycles. The van der Waals surface area contributed by atoms with Crippen molar-refractivity contribution in [3.8, 4) is 11.1 Å². The fraction of sp³-hybridized carbons (Fsp3) is 0.278. The van der Waals surface area contributed by atoms with E-state index in [1.807, 2.05) is 0 Å². The summed E-state index contributed by atoms with van der Waals surface area (Å²) in [5.41, 5.74) is 6.42. The Balaban J connectivity index is 1.68. The lowest BCUT2D eigenvalue weighted by molar-refractivity contribution is 0.413. The zero-order valence-corrected chi connectivity index (χ0v) is 15.7. The summed E-state index contributed by atoms with van der Waals surface area (Å²) in [6.07, 6.45) is 0.973. The first kappa shape index (κ1) is 16.4. The third-order valence-corrected chi connectivity index (χ3v) is 4.69. The summed E-state index contributed by atoms with van der Waals surface area (Å²) in [6.45, 7) is 1.79. The molecule has 0 radical (unpaired) electrons. The summed E-state index contributed by atoms with van der Waals surface area (Å²) < 4.78 is 1.13. The molecule has 0 aromatic heterocycles. The summed E-state index contributed by atoms with van der Waals surface area (Å²) in [7, 11) is 4.10.